The van der Waals surface area contributed by atoms with Crippen LogP contribution in [0.15, 0.2) is 190 Å². The topological polar surface area (TPSA) is 112 Å². The molecular formula is C74H72N6O4. The maximum atomic E-state index is 13.2. The number of nitrogens with zero attached hydrogens (tertiary/aromatic N) is 6. The first-order valence-electron chi connectivity index (χ1n) is 30.5. The summed E-state index contributed by atoms with van der Waals surface area (Å²) in [6.45, 7) is 6.97. The Kier molecular flexibility index (Phi) is 17.2. The highest BCUT2D eigenvalue weighted by Gasteiger charge is 2.31. The minimum absolute atomic E-state index is 0.303. The van der Waals surface area contributed by atoms with E-state index in [1.807, 2.05) is 97.4 Å². The van der Waals surface area contributed by atoms with E-state index in [4.69, 9.17) is 19.7 Å². The van der Waals surface area contributed by atoms with E-state index in [0.717, 1.165) is 119 Å². The minimum Gasteiger partial charge on any atom is -0.462 e. The van der Waals surface area contributed by atoms with Crippen LogP contribution in [0.25, 0.3) is 65.9 Å². The van der Waals surface area contributed by atoms with Gasteiger partial charge in [-0.15, -0.1) is 10.2 Å². The van der Waals surface area contributed by atoms with Gasteiger partial charge in [-0.3, -0.25) is 0 Å². The van der Waals surface area contributed by atoms with Crippen LogP contribution >= 0.6 is 0 Å². The average molecular weight is 1110 g/mol. The molecule has 8 aromatic carbocycles. The molecule has 0 atom stereocenters. The molecule has 0 N–H and O–H groups in total. The molecule has 2 aliphatic carbocycles. The van der Waals surface area contributed by atoms with E-state index in [-0.39, 0.29) is 11.9 Å². The van der Waals surface area contributed by atoms with Gasteiger partial charge in [0.25, 0.3) is 0 Å². The second kappa shape index (κ2) is 26.1. The third kappa shape index (κ3) is 11.4. The number of benzene rings is 8. The van der Waals surface area contributed by atoms with Crippen LogP contribution < -0.4 is 0 Å². The molecule has 0 bridgehead atoms. The van der Waals surface area contributed by atoms with Gasteiger partial charge in [0.15, 0.2) is 0 Å². The largest absolute Gasteiger partial charge is 0.462 e. The van der Waals surface area contributed by atoms with Crippen molar-refractivity contribution in [3.05, 3.63) is 214 Å². The van der Waals surface area contributed by atoms with E-state index in [2.05, 4.69) is 118 Å². The van der Waals surface area contributed by atoms with Crippen LogP contribution in [-0.2, 0) is 22.6 Å². The third-order valence-corrected chi connectivity index (χ3v) is 16.8. The molecule has 10 nitrogen and oxygen atoms in total. The third-order valence-electron chi connectivity index (χ3n) is 16.8. The van der Waals surface area contributed by atoms with Crippen LogP contribution in [0.3, 0.4) is 0 Å². The highest BCUT2D eigenvalue weighted by atomic mass is 16.5. The zero-order valence-corrected chi connectivity index (χ0v) is 48.4. The Morgan fingerprint density at radius 1 is 0.381 bits per heavy atom. The van der Waals surface area contributed by atoms with Gasteiger partial charge in [-0.1, -0.05) is 199 Å². The number of carbonyl (C=O) groups is 2. The van der Waals surface area contributed by atoms with Crippen molar-refractivity contribution in [2.45, 2.75) is 117 Å². The van der Waals surface area contributed by atoms with Gasteiger partial charge in [-0.25, -0.2) is 9.59 Å². The Morgan fingerprint density at radius 2 is 0.750 bits per heavy atom. The molecule has 0 unspecified atom stereocenters. The Balaban J connectivity index is 0.611. The molecule has 422 valence electrons. The molecule has 84 heavy (non-hydrogen) atoms. The average Bonchev–Trinajstić information content (AvgIpc) is 4.27. The van der Waals surface area contributed by atoms with E-state index in [1.54, 1.807) is 0 Å². The van der Waals surface area contributed by atoms with Crippen molar-refractivity contribution in [2.75, 3.05) is 13.2 Å². The number of unbranched alkanes of at least 4 members (excludes halogenated alkanes) is 11. The van der Waals surface area contributed by atoms with Crippen molar-refractivity contribution in [3.63, 3.8) is 0 Å². The first-order chi connectivity index (χ1) is 41.5. The lowest BCUT2D eigenvalue weighted by atomic mass is 9.99. The first-order valence-corrected chi connectivity index (χ1v) is 30.5. The summed E-state index contributed by atoms with van der Waals surface area (Å²) in [5.41, 5.74) is 17.0. The summed E-state index contributed by atoms with van der Waals surface area (Å²) in [7, 11) is 0. The summed E-state index contributed by atoms with van der Waals surface area (Å²) < 4.78 is 16.3. The Bertz CT molecular complexity index is 3930. The molecule has 0 saturated heterocycles. The summed E-state index contributed by atoms with van der Waals surface area (Å²) >= 11 is 0. The van der Waals surface area contributed by atoms with Crippen molar-refractivity contribution in [2.24, 2.45) is 20.4 Å². The Hall–Kier alpha value is -9.02. The number of fused-ring (bicyclic) bond motifs is 12. The van der Waals surface area contributed by atoms with Crippen molar-refractivity contribution >= 4 is 79.4 Å². The van der Waals surface area contributed by atoms with E-state index in [0.29, 0.717) is 24.3 Å². The molecule has 0 spiro atoms. The maximum Gasteiger partial charge on any atom is 0.338 e. The predicted octanol–water partition coefficient (Wildman–Crippen LogP) is 18.1. The second-order valence-electron chi connectivity index (χ2n) is 22.3. The minimum atomic E-state index is -0.303. The fraction of sp³-hybridized carbons (Fsp3) is 0.270. The number of hydrogen-bond acceptors (Lipinski definition) is 8. The number of para-hydroxylation sites is 2. The molecule has 10 aromatic rings. The molecule has 0 fully saturated rings. The molecule has 0 radical (unpaired) electrons. The van der Waals surface area contributed by atoms with Gasteiger partial charge in [-0.2, -0.15) is 10.2 Å². The number of hydrogen-bond donors (Lipinski definition) is 0. The van der Waals surface area contributed by atoms with Crippen LogP contribution in [0.1, 0.15) is 158 Å². The molecule has 0 saturated carbocycles. The lowest BCUT2D eigenvalue weighted by molar-refractivity contribution is 0.0491. The van der Waals surface area contributed by atoms with Crippen LogP contribution in [0.2, 0.25) is 0 Å². The lowest BCUT2D eigenvalue weighted by Crippen LogP contribution is -2.08. The van der Waals surface area contributed by atoms with Gasteiger partial charge in [0.1, 0.15) is 11.4 Å². The van der Waals surface area contributed by atoms with Crippen molar-refractivity contribution in [1.82, 2.24) is 9.13 Å². The highest BCUT2D eigenvalue weighted by molar-refractivity contribution is 6.28. The van der Waals surface area contributed by atoms with Gasteiger partial charge in [0, 0.05) is 90.1 Å². The molecule has 0 aliphatic heterocycles. The summed E-state index contributed by atoms with van der Waals surface area (Å²) in [6, 6.07) is 58.4. The van der Waals surface area contributed by atoms with Crippen molar-refractivity contribution < 1.29 is 19.1 Å². The Labute approximate surface area is 492 Å². The van der Waals surface area contributed by atoms with Crippen molar-refractivity contribution in [1.29, 1.82) is 0 Å². The zero-order chi connectivity index (χ0) is 57.2. The maximum absolute atomic E-state index is 13.2. The number of aryl methyl sites for hydroxylation is 2. The first kappa shape index (κ1) is 55.5. The van der Waals surface area contributed by atoms with Gasteiger partial charge in [0.2, 0.25) is 0 Å². The number of rotatable bonds is 25. The molecule has 2 aliphatic rings. The molecule has 2 aromatic heterocycles. The number of aromatic nitrogens is 2. The summed E-state index contributed by atoms with van der Waals surface area (Å²) in [4.78, 5) is 26.4. The standard InChI is InChI=1S/C74H72N6O4/c1-3-5-45-83-73(81)61-35-25-33-59-69(61)55-29-15-17-31-57(55)71(59)77-75-49-51-39-41-67-63(47-51)53-27-19-21-37-65(53)79(67)43-23-13-11-9-7-8-10-12-14-24-44-80-66-38-22-20-28-54(66)64-48-52(40-42-68(64)80)50-76-78-72-58-32-18-16-30-56(58)70-60(72)34-26-36-62(70)74(82)84-46-6-4-2/h15-22,25-42,47-50H,3-14,23-24,43-46H2,1-2H3. The molecule has 12 rings (SSSR count). The molecule has 10 heteroatoms. The highest BCUT2D eigenvalue weighted by Crippen LogP contribution is 2.42. The molecule has 2 heterocycles. The lowest BCUT2D eigenvalue weighted by Gasteiger charge is -2.09. The van der Waals surface area contributed by atoms with Crippen LogP contribution in [0, 0.1) is 0 Å². The molecule has 0 amide bonds. The molecular weight excluding hydrogens is 1040 g/mol. The SMILES string of the molecule is CCCCOC(=O)c1cccc2c1-c1ccccc1C2=NN=Cc1ccc2c(c1)c1ccccc1n2CCCCCCCCCCCCn1c2ccccc2c2cc(C=NN=C3c4ccccc4-c4c(C(=O)OCCCC)cccc43)ccc21. The number of esters is 2. The predicted molar refractivity (Wildman–Crippen MR) is 346 cm³/mol. The fourth-order valence-electron chi connectivity index (χ4n) is 12.6. The van der Waals surface area contributed by atoms with E-state index >= 15 is 0 Å². The van der Waals surface area contributed by atoms with E-state index in [1.165, 1.54) is 95.0 Å². The zero-order valence-electron chi connectivity index (χ0n) is 48.4. The van der Waals surface area contributed by atoms with Crippen LogP contribution in [-0.4, -0.2) is 58.1 Å². The van der Waals surface area contributed by atoms with Crippen LogP contribution in [0.5, 0.6) is 0 Å². The van der Waals surface area contributed by atoms with E-state index < -0.39 is 0 Å². The van der Waals surface area contributed by atoms with Gasteiger partial charge in [-0.05, 0) is 96.5 Å². The smallest absolute Gasteiger partial charge is 0.338 e. The number of carbonyl (C=O) groups excluding carboxylic acids is 2. The summed E-state index contributed by atoms with van der Waals surface area (Å²) in [6.07, 6.45) is 19.7. The van der Waals surface area contributed by atoms with Gasteiger partial charge < -0.3 is 18.6 Å². The summed E-state index contributed by atoms with van der Waals surface area (Å²) in [5, 5.41) is 23.8. The van der Waals surface area contributed by atoms with Crippen molar-refractivity contribution in [3.8, 4) is 22.3 Å². The van der Waals surface area contributed by atoms with Gasteiger partial charge in [0.05, 0.1) is 36.8 Å². The summed E-state index contributed by atoms with van der Waals surface area (Å²) in [5.74, 6) is -0.606. The second-order valence-corrected chi connectivity index (χ2v) is 22.3. The van der Waals surface area contributed by atoms with Crippen LogP contribution in [0.4, 0.5) is 0 Å². The monoisotopic (exact) mass is 1110 g/mol. The normalized spacial score (nSPS) is 13.5. The Morgan fingerprint density at radius 3 is 1.18 bits per heavy atom. The number of ether oxygens (including phenoxy) is 2. The van der Waals surface area contributed by atoms with Gasteiger partial charge >= 0.3 is 11.9 Å². The quantitative estimate of drug-likeness (QED) is 0.0245. The van der Waals surface area contributed by atoms with E-state index in [9.17, 15) is 9.59 Å². The fourth-order valence-corrected chi connectivity index (χ4v) is 12.6.